The number of hydrogen-bond acceptors (Lipinski definition) is 6. The molecule has 0 aliphatic heterocycles. The van der Waals surface area contributed by atoms with E-state index in [-0.39, 0.29) is 23.4 Å². The lowest BCUT2D eigenvalue weighted by atomic mass is 10.1. The summed E-state index contributed by atoms with van der Waals surface area (Å²) in [7, 11) is 1.77. The molecule has 0 bridgehead atoms. The van der Waals surface area contributed by atoms with Crippen LogP contribution in [0.15, 0.2) is 66.1 Å². The van der Waals surface area contributed by atoms with Gasteiger partial charge < -0.3 is 4.90 Å². The molecule has 8 nitrogen and oxygen atoms in total. The van der Waals surface area contributed by atoms with Crippen molar-refractivity contribution in [2.75, 3.05) is 12.8 Å². The highest BCUT2D eigenvalue weighted by molar-refractivity contribution is 8.00. The normalized spacial score (nSPS) is 11.8. The fraction of sp³-hybridized carbons (Fsp3) is 0.211. The van der Waals surface area contributed by atoms with E-state index < -0.39 is 4.92 Å². The number of aromatic nitrogens is 3. The Kier molecular flexibility index (Phi) is 6.05. The summed E-state index contributed by atoms with van der Waals surface area (Å²) in [4.78, 5) is 29.2. The Hall–Kier alpha value is -3.20. The molecule has 0 unspecified atom stereocenters. The van der Waals surface area contributed by atoms with Gasteiger partial charge in [-0.15, -0.1) is 11.8 Å². The Morgan fingerprint density at radius 1 is 1.21 bits per heavy atom. The van der Waals surface area contributed by atoms with Crippen LogP contribution in [0.1, 0.15) is 18.5 Å². The third-order valence-electron chi connectivity index (χ3n) is 4.44. The number of non-ortho nitro benzene ring substituents is 1. The number of nitrogens with zero attached hydrogens (tertiary/aromatic N) is 5. The Morgan fingerprint density at radius 3 is 2.46 bits per heavy atom. The van der Waals surface area contributed by atoms with Crippen molar-refractivity contribution in [1.82, 2.24) is 19.7 Å². The van der Waals surface area contributed by atoms with Gasteiger partial charge in [0.05, 0.1) is 22.4 Å². The Labute approximate surface area is 166 Å². The van der Waals surface area contributed by atoms with Gasteiger partial charge in [-0.25, -0.2) is 9.67 Å². The molecule has 0 spiro atoms. The second-order valence-corrected chi connectivity index (χ2v) is 7.20. The minimum Gasteiger partial charge on any atom is -0.338 e. The minimum absolute atomic E-state index is 0.0174. The van der Waals surface area contributed by atoms with Crippen molar-refractivity contribution < 1.29 is 9.72 Å². The summed E-state index contributed by atoms with van der Waals surface area (Å²) in [6.45, 7) is 1.97. The van der Waals surface area contributed by atoms with Crippen LogP contribution in [0.5, 0.6) is 0 Å². The molecule has 1 aromatic heterocycles. The van der Waals surface area contributed by atoms with E-state index in [2.05, 4.69) is 10.1 Å². The molecular formula is C19H19N5O3S. The Bertz CT molecular complexity index is 943. The molecule has 2 aromatic carbocycles. The van der Waals surface area contributed by atoms with Crippen LogP contribution < -0.4 is 0 Å². The lowest BCUT2D eigenvalue weighted by Gasteiger charge is -2.25. The zero-order valence-electron chi connectivity index (χ0n) is 15.4. The number of amides is 1. The van der Waals surface area contributed by atoms with Crippen LogP contribution in [0.2, 0.25) is 0 Å². The summed E-state index contributed by atoms with van der Waals surface area (Å²) in [5.74, 6) is 0.242. The lowest BCUT2D eigenvalue weighted by Crippen LogP contribution is -2.31. The average Bonchev–Trinajstić information content (AvgIpc) is 3.26. The molecule has 1 heterocycles. The first-order chi connectivity index (χ1) is 13.5. The van der Waals surface area contributed by atoms with Gasteiger partial charge in [-0.05, 0) is 36.8 Å². The quantitative estimate of drug-likeness (QED) is 0.344. The van der Waals surface area contributed by atoms with Gasteiger partial charge in [0.25, 0.3) is 5.69 Å². The van der Waals surface area contributed by atoms with E-state index in [0.717, 1.165) is 16.1 Å². The second-order valence-electron chi connectivity index (χ2n) is 6.15. The van der Waals surface area contributed by atoms with Crippen molar-refractivity contribution in [3.05, 3.63) is 76.9 Å². The van der Waals surface area contributed by atoms with Gasteiger partial charge in [-0.3, -0.25) is 14.9 Å². The maximum atomic E-state index is 12.5. The van der Waals surface area contributed by atoms with Crippen LogP contribution in [0, 0.1) is 10.1 Å². The monoisotopic (exact) mass is 397 g/mol. The summed E-state index contributed by atoms with van der Waals surface area (Å²) < 4.78 is 1.67. The van der Waals surface area contributed by atoms with Gasteiger partial charge in [0, 0.05) is 24.1 Å². The van der Waals surface area contributed by atoms with Gasteiger partial charge in [0.15, 0.2) is 0 Å². The second kappa shape index (κ2) is 8.66. The van der Waals surface area contributed by atoms with Crippen molar-refractivity contribution in [1.29, 1.82) is 0 Å². The molecule has 3 rings (SSSR count). The van der Waals surface area contributed by atoms with E-state index in [1.807, 2.05) is 31.2 Å². The maximum absolute atomic E-state index is 12.5. The SMILES string of the molecule is C[C@@H](c1ccc(-n2cncn2)cc1)N(C)C(=O)CSc1ccc([N+](=O)[O-])cc1. The standard InChI is InChI=1S/C19H19N5O3S/c1-14(15-3-5-16(6-4-15)23-13-20-12-21-23)22(2)19(25)11-28-18-9-7-17(8-10-18)24(26)27/h3-10,12-14H,11H2,1-2H3/t14-/m0/s1. The van der Waals surface area contributed by atoms with Crippen molar-refractivity contribution in [2.24, 2.45) is 0 Å². The Balaban J connectivity index is 1.58. The van der Waals surface area contributed by atoms with Crippen molar-refractivity contribution in [3.8, 4) is 5.69 Å². The molecule has 0 N–H and O–H groups in total. The fourth-order valence-electron chi connectivity index (χ4n) is 2.60. The smallest absolute Gasteiger partial charge is 0.269 e. The number of hydrogen-bond donors (Lipinski definition) is 0. The fourth-order valence-corrected chi connectivity index (χ4v) is 3.42. The number of nitro groups is 1. The molecule has 0 saturated heterocycles. The number of rotatable bonds is 7. The molecule has 0 saturated carbocycles. The molecule has 0 aliphatic carbocycles. The Morgan fingerprint density at radius 2 is 1.89 bits per heavy atom. The van der Waals surface area contributed by atoms with Gasteiger partial charge in [0.2, 0.25) is 5.91 Å². The van der Waals surface area contributed by atoms with E-state index in [9.17, 15) is 14.9 Å². The van der Waals surface area contributed by atoms with Crippen LogP contribution in [0.4, 0.5) is 5.69 Å². The highest BCUT2D eigenvalue weighted by Gasteiger charge is 2.18. The molecule has 1 amide bonds. The van der Waals surface area contributed by atoms with E-state index >= 15 is 0 Å². The summed E-state index contributed by atoms with van der Waals surface area (Å²) in [6, 6.07) is 13.9. The van der Waals surface area contributed by atoms with Gasteiger partial charge in [-0.1, -0.05) is 12.1 Å². The van der Waals surface area contributed by atoms with Crippen LogP contribution in [0.3, 0.4) is 0 Å². The number of carbonyl (C=O) groups excluding carboxylic acids is 1. The van der Waals surface area contributed by atoms with E-state index in [4.69, 9.17) is 0 Å². The first kappa shape index (κ1) is 19.6. The molecule has 0 aliphatic rings. The number of nitro benzene ring substituents is 1. The first-order valence-corrected chi connectivity index (χ1v) is 9.52. The summed E-state index contributed by atoms with van der Waals surface area (Å²) in [6.07, 6.45) is 3.11. The van der Waals surface area contributed by atoms with Gasteiger partial charge >= 0.3 is 0 Å². The molecule has 0 fully saturated rings. The highest BCUT2D eigenvalue weighted by Crippen LogP contribution is 2.24. The van der Waals surface area contributed by atoms with Crippen molar-refractivity contribution in [2.45, 2.75) is 17.9 Å². The maximum Gasteiger partial charge on any atom is 0.269 e. The zero-order chi connectivity index (χ0) is 20.1. The summed E-state index contributed by atoms with van der Waals surface area (Å²) >= 11 is 1.36. The largest absolute Gasteiger partial charge is 0.338 e. The molecule has 9 heteroatoms. The molecule has 3 aromatic rings. The van der Waals surface area contributed by atoms with E-state index in [1.165, 1.54) is 30.2 Å². The predicted molar refractivity (Wildman–Crippen MR) is 106 cm³/mol. The van der Waals surface area contributed by atoms with E-state index in [0.29, 0.717) is 0 Å². The van der Waals surface area contributed by atoms with Crippen LogP contribution in [0.25, 0.3) is 5.69 Å². The number of thioether (sulfide) groups is 1. The predicted octanol–water partition coefficient (Wildman–Crippen LogP) is 3.49. The van der Waals surface area contributed by atoms with Crippen molar-refractivity contribution >= 4 is 23.4 Å². The lowest BCUT2D eigenvalue weighted by molar-refractivity contribution is -0.384. The van der Waals surface area contributed by atoms with E-state index in [1.54, 1.807) is 35.1 Å². The van der Waals surface area contributed by atoms with Gasteiger partial charge in [-0.2, -0.15) is 5.10 Å². The molecule has 144 valence electrons. The highest BCUT2D eigenvalue weighted by atomic mass is 32.2. The number of benzene rings is 2. The number of carbonyl (C=O) groups is 1. The van der Waals surface area contributed by atoms with Gasteiger partial charge in [0.1, 0.15) is 12.7 Å². The summed E-state index contributed by atoms with van der Waals surface area (Å²) in [5, 5.41) is 14.8. The van der Waals surface area contributed by atoms with Crippen LogP contribution in [-0.2, 0) is 4.79 Å². The van der Waals surface area contributed by atoms with Crippen LogP contribution >= 0.6 is 11.8 Å². The molecular weight excluding hydrogens is 378 g/mol. The summed E-state index contributed by atoms with van der Waals surface area (Å²) in [5.41, 5.74) is 1.95. The third-order valence-corrected chi connectivity index (χ3v) is 5.44. The molecule has 0 radical (unpaired) electrons. The third kappa shape index (κ3) is 4.55. The average molecular weight is 397 g/mol. The zero-order valence-corrected chi connectivity index (χ0v) is 16.2. The molecule has 1 atom stereocenters. The minimum atomic E-state index is -0.441. The van der Waals surface area contributed by atoms with Crippen LogP contribution in [-0.4, -0.2) is 43.3 Å². The molecule has 28 heavy (non-hydrogen) atoms. The topological polar surface area (TPSA) is 94.2 Å². The first-order valence-electron chi connectivity index (χ1n) is 8.53. The van der Waals surface area contributed by atoms with Crippen molar-refractivity contribution in [3.63, 3.8) is 0 Å².